The number of hydrogen-bond donors (Lipinski definition) is 1. The second-order valence-electron chi connectivity index (χ2n) is 5.50. The molecule has 0 bridgehead atoms. The van der Waals surface area contributed by atoms with Crippen LogP contribution in [-0.4, -0.2) is 40.0 Å². The van der Waals surface area contributed by atoms with Gasteiger partial charge in [-0.25, -0.2) is 9.97 Å². The van der Waals surface area contributed by atoms with E-state index in [4.69, 9.17) is 0 Å². The topological polar surface area (TPSA) is 41.1 Å². The molecule has 4 rings (SSSR count). The number of anilines is 1. The molecule has 19 heavy (non-hydrogen) atoms. The second kappa shape index (κ2) is 4.72. The van der Waals surface area contributed by atoms with Gasteiger partial charge in [0, 0.05) is 18.6 Å². The van der Waals surface area contributed by atoms with Gasteiger partial charge in [0.1, 0.15) is 17.0 Å². The van der Waals surface area contributed by atoms with Crippen LogP contribution in [0.3, 0.4) is 0 Å². The first-order chi connectivity index (χ1) is 9.42. The zero-order valence-electron chi connectivity index (χ0n) is 10.9. The quantitative estimate of drug-likeness (QED) is 0.914. The van der Waals surface area contributed by atoms with E-state index >= 15 is 0 Å². The van der Waals surface area contributed by atoms with E-state index in [1.165, 1.54) is 44.2 Å². The summed E-state index contributed by atoms with van der Waals surface area (Å²) in [5, 5.41) is 6.94. The van der Waals surface area contributed by atoms with Gasteiger partial charge in [0.2, 0.25) is 0 Å². The number of nitrogens with one attached hydrogen (secondary N) is 1. The Balaban J connectivity index is 1.59. The van der Waals surface area contributed by atoms with Crippen LogP contribution in [0.1, 0.15) is 25.7 Å². The summed E-state index contributed by atoms with van der Waals surface area (Å²) in [4.78, 5) is 12.5. The van der Waals surface area contributed by atoms with Crippen LogP contribution in [0, 0.1) is 0 Å². The normalized spacial score (nSPS) is 27.6. The van der Waals surface area contributed by atoms with Gasteiger partial charge in [0.15, 0.2) is 0 Å². The van der Waals surface area contributed by atoms with Crippen LogP contribution in [0.15, 0.2) is 17.8 Å². The lowest BCUT2D eigenvalue weighted by molar-refractivity contribution is 0.192. The van der Waals surface area contributed by atoms with Crippen molar-refractivity contribution in [2.75, 3.05) is 18.4 Å². The molecule has 2 aromatic heterocycles. The summed E-state index contributed by atoms with van der Waals surface area (Å²) in [6, 6.07) is 3.38. The Morgan fingerprint density at radius 2 is 2.21 bits per heavy atom. The molecule has 5 heteroatoms. The lowest BCUT2D eigenvalue weighted by Gasteiger charge is -2.32. The molecular formula is C14H18N4S. The van der Waals surface area contributed by atoms with Crippen molar-refractivity contribution >= 4 is 27.4 Å². The third-order valence-corrected chi connectivity index (χ3v) is 5.26. The number of aromatic nitrogens is 2. The molecule has 4 heterocycles. The van der Waals surface area contributed by atoms with E-state index in [9.17, 15) is 0 Å². The molecule has 2 aliphatic heterocycles. The minimum Gasteiger partial charge on any atom is -0.365 e. The van der Waals surface area contributed by atoms with Gasteiger partial charge in [-0.15, -0.1) is 11.3 Å². The maximum Gasteiger partial charge on any atom is 0.138 e. The van der Waals surface area contributed by atoms with Crippen molar-refractivity contribution < 1.29 is 0 Å². The van der Waals surface area contributed by atoms with Gasteiger partial charge in [-0.2, -0.15) is 0 Å². The van der Waals surface area contributed by atoms with Crippen molar-refractivity contribution in [2.24, 2.45) is 0 Å². The molecule has 1 N–H and O–H groups in total. The molecule has 2 aliphatic rings. The Hall–Kier alpha value is -1.20. The van der Waals surface area contributed by atoms with Crippen molar-refractivity contribution in [2.45, 2.75) is 37.8 Å². The first-order valence-electron chi connectivity index (χ1n) is 7.10. The first kappa shape index (κ1) is 11.6. The van der Waals surface area contributed by atoms with Crippen molar-refractivity contribution in [1.82, 2.24) is 14.9 Å². The fraction of sp³-hybridized carbons (Fsp3) is 0.571. The number of hydrogen-bond acceptors (Lipinski definition) is 5. The summed E-state index contributed by atoms with van der Waals surface area (Å²) in [7, 11) is 0. The van der Waals surface area contributed by atoms with E-state index in [2.05, 4.69) is 31.6 Å². The van der Waals surface area contributed by atoms with Crippen LogP contribution in [0.4, 0.5) is 5.82 Å². The van der Waals surface area contributed by atoms with Crippen molar-refractivity contribution in [1.29, 1.82) is 0 Å². The highest BCUT2D eigenvalue weighted by Gasteiger charge is 2.35. The van der Waals surface area contributed by atoms with Gasteiger partial charge in [0.25, 0.3) is 0 Å². The van der Waals surface area contributed by atoms with E-state index in [1.54, 1.807) is 17.7 Å². The van der Waals surface area contributed by atoms with E-state index in [-0.39, 0.29) is 0 Å². The summed E-state index contributed by atoms with van der Waals surface area (Å²) >= 11 is 1.68. The Morgan fingerprint density at radius 1 is 1.21 bits per heavy atom. The number of nitrogens with zero attached hydrogens (tertiary/aromatic N) is 3. The van der Waals surface area contributed by atoms with Gasteiger partial charge in [0.05, 0.1) is 5.39 Å². The minimum absolute atomic E-state index is 0.554. The largest absolute Gasteiger partial charge is 0.365 e. The molecule has 0 saturated carbocycles. The molecule has 2 fully saturated rings. The SMILES string of the molecule is c1nc(N[C@@H]2CCN3CCCC[C@@H]23)c2ccsc2n1. The Labute approximate surface area is 116 Å². The van der Waals surface area contributed by atoms with Crippen molar-refractivity contribution in [3.8, 4) is 0 Å². The summed E-state index contributed by atoms with van der Waals surface area (Å²) < 4.78 is 0. The van der Waals surface area contributed by atoms with E-state index in [0.717, 1.165) is 10.6 Å². The molecule has 0 radical (unpaired) electrons. The number of thiophene rings is 1. The highest BCUT2D eigenvalue weighted by Crippen LogP contribution is 2.31. The number of rotatable bonds is 2. The molecule has 100 valence electrons. The lowest BCUT2D eigenvalue weighted by Crippen LogP contribution is -2.41. The van der Waals surface area contributed by atoms with Crippen LogP contribution in [0.2, 0.25) is 0 Å². The van der Waals surface area contributed by atoms with Crippen LogP contribution in [0.5, 0.6) is 0 Å². The Bertz CT molecular complexity index is 582. The highest BCUT2D eigenvalue weighted by atomic mass is 32.1. The zero-order valence-corrected chi connectivity index (χ0v) is 11.7. The molecule has 0 aromatic carbocycles. The molecular weight excluding hydrogens is 256 g/mol. The van der Waals surface area contributed by atoms with Crippen molar-refractivity contribution in [3.63, 3.8) is 0 Å². The van der Waals surface area contributed by atoms with Gasteiger partial charge in [-0.1, -0.05) is 6.42 Å². The molecule has 0 unspecified atom stereocenters. The smallest absolute Gasteiger partial charge is 0.138 e. The number of fused-ring (bicyclic) bond motifs is 2. The van der Waals surface area contributed by atoms with Gasteiger partial charge < -0.3 is 5.32 Å². The van der Waals surface area contributed by atoms with E-state index in [0.29, 0.717) is 12.1 Å². The maximum absolute atomic E-state index is 4.45. The predicted molar refractivity (Wildman–Crippen MR) is 78.7 cm³/mol. The predicted octanol–water partition coefficient (Wildman–Crippen LogP) is 2.73. The fourth-order valence-corrected chi connectivity index (χ4v) is 4.23. The molecule has 4 nitrogen and oxygen atoms in total. The third-order valence-electron chi connectivity index (χ3n) is 4.44. The standard InChI is InChI=1S/C14H18N4S/c1-2-6-18-7-4-11(12(18)3-1)17-13-10-5-8-19-14(10)16-9-15-13/h5,8-9,11-12H,1-4,6-7H2,(H,15,16,17)/t11-,12+/m1/s1. The van der Waals surface area contributed by atoms with Crippen LogP contribution in [0.25, 0.3) is 10.2 Å². The average Bonchev–Trinajstić information content (AvgIpc) is 3.06. The first-order valence-corrected chi connectivity index (χ1v) is 7.98. The Morgan fingerprint density at radius 3 is 3.21 bits per heavy atom. The van der Waals surface area contributed by atoms with Crippen LogP contribution >= 0.6 is 11.3 Å². The fourth-order valence-electron chi connectivity index (χ4n) is 3.50. The summed E-state index contributed by atoms with van der Waals surface area (Å²) in [5.74, 6) is 1.02. The van der Waals surface area contributed by atoms with E-state index < -0.39 is 0 Å². The Kier molecular flexibility index (Phi) is 2.89. The molecule has 0 amide bonds. The third kappa shape index (κ3) is 2.01. The molecule has 2 aromatic rings. The van der Waals surface area contributed by atoms with E-state index in [1.807, 2.05) is 0 Å². The molecule has 0 spiro atoms. The minimum atomic E-state index is 0.554. The highest BCUT2D eigenvalue weighted by molar-refractivity contribution is 7.16. The van der Waals surface area contributed by atoms with Crippen LogP contribution in [-0.2, 0) is 0 Å². The van der Waals surface area contributed by atoms with Gasteiger partial charge in [-0.05, 0) is 37.3 Å². The molecule has 0 aliphatic carbocycles. The summed E-state index contributed by atoms with van der Waals surface area (Å²) in [6.45, 7) is 2.51. The summed E-state index contributed by atoms with van der Waals surface area (Å²) in [5.41, 5.74) is 0. The average molecular weight is 274 g/mol. The maximum atomic E-state index is 4.45. The monoisotopic (exact) mass is 274 g/mol. The zero-order chi connectivity index (χ0) is 12.7. The van der Waals surface area contributed by atoms with Crippen LogP contribution < -0.4 is 5.32 Å². The van der Waals surface area contributed by atoms with Crippen molar-refractivity contribution in [3.05, 3.63) is 17.8 Å². The lowest BCUT2D eigenvalue weighted by atomic mass is 9.99. The second-order valence-corrected chi connectivity index (χ2v) is 6.39. The summed E-state index contributed by atoms with van der Waals surface area (Å²) in [6.07, 6.45) is 6.98. The molecule has 2 atom stereocenters. The van der Waals surface area contributed by atoms with Gasteiger partial charge >= 0.3 is 0 Å². The number of piperidine rings is 1. The molecule has 2 saturated heterocycles. The van der Waals surface area contributed by atoms with Gasteiger partial charge in [-0.3, -0.25) is 4.90 Å².